The van der Waals surface area contributed by atoms with Gasteiger partial charge in [-0.2, -0.15) is 0 Å². The normalized spacial score (nSPS) is 23.3. The lowest BCUT2D eigenvalue weighted by atomic mass is 9.41. The van der Waals surface area contributed by atoms with Gasteiger partial charge in [0.1, 0.15) is 0 Å². The molecule has 0 amide bonds. The molecule has 3 fully saturated rings. The summed E-state index contributed by atoms with van der Waals surface area (Å²) in [5.74, 6) is 3.08. The van der Waals surface area contributed by atoms with E-state index in [-0.39, 0.29) is 5.41 Å². The maximum atomic E-state index is 5.61. The zero-order valence-electron chi connectivity index (χ0n) is 49.6. The first-order chi connectivity index (χ1) is 39.1. The molecule has 0 bridgehead atoms. The van der Waals surface area contributed by atoms with Crippen molar-refractivity contribution in [3.8, 4) is 0 Å². The maximum absolute atomic E-state index is 5.61. The lowest BCUT2D eigenvalue weighted by molar-refractivity contribution is -0.145. The van der Waals surface area contributed by atoms with E-state index in [1.807, 2.05) is 0 Å². The first-order valence-electron chi connectivity index (χ1n) is 30.8. The van der Waals surface area contributed by atoms with Crippen molar-refractivity contribution in [3.05, 3.63) is 219 Å². The van der Waals surface area contributed by atoms with Crippen molar-refractivity contribution >= 4 is 45.7 Å². The zero-order valence-corrected chi connectivity index (χ0v) is 49.6. The molecule has 414 valence electrons. The van der Waals surface area contributed by atoms with Gasteiger partial charge >= 0.3 is 0 Å². The van der Waals surface area contributed by atoms with E-state index in [1.54, 1.807) is 0 Å². The average molecular weight is 1060 g/mol. The fourth-order valence-electron chi connectivity index (χ4n) is 15.3. The molecule has 6 aliphatic rings. The van der Waals surface area contributed by atoms with Gasteiger partial charge in [-0.3, -0.25) is 4.99 Å². The number of allylic oxidation sites excluding steroid dienone is 10. The molecule has 5 aromatic carbocycles. The Balaban J connectivity index is 0.837. The van der Waals surface area contributed by atoms with Gasteiger partial charge in [0.2, 0.25) is 0 Å². The van der Waals surface area contributed by atoms with Crippen LogP contribution in [0.3, 0.4) is 0 Å². The zero-order chi connectivity index (χ0) is 55.5. The van der Waals surface area contributed by atoms with Gasteiger partial charge in [-0.25, -0.2) is 0 Å². The maximum Gasteiger partial charge on any atom is 0.0653 e. The number of hydrogen-bond acceptors (Lipinski definition) is 6. The van der Waals surface area contributed by atoms with Crippen LogP contribution in [0.25, 0.3) is 22.9 Å². The first kappa shape index (κ1) is 54.9. The number of rotatable bonds is 21. The van der Waals surface area contributed by atoms with Crippen molar-refractivity contribution in [1.82, 2.24) is 10.2 Å². The number of aliphatic imine (C=N–C) groups is 1. The van der Waals surface area contributed by atoms with Crippen LogP contribution in [0.5, 0.6) is 0 Å². The summed E-state index contributed by atoms with van der Waals surface area (Å²) >= 11 is 0. The predicted molar refractivity (Wildman–Crippen MR) is 343 cm³/mol. The average Bonchev–Trinajstić information content (AvgIpc) is 2.12. The third-order valence-electron chi connectivity index (χ3n) is 19.8. The molecule has 0 radical (unpaired) electrons. The number of nitrogens with one attached hydrogen (secondary N) is 1. The third-order valence-corrected chi connectivity index (χ3v) is 19.8. The number of nitrogens with zero attached hydrogens (tertiary/aromatic N) is 5. The van der Waals surface area contributed by atoms with Crippen LogP contribution in [-0.2, 0) is 0 Å². The topological polar surface area (TPSA) is 37.4 Å². The first-order valence-corrected chi connectivity index (χ1v) is 30.8. The van der Waals surface area contributed by atoms with Gasteiger partial charge in [-0.05, 0) is 226 Å². The largest absolute Gasteiger partial charge is 0.387 e. The van der Waals surface area contributed by atoms with Gasteiger partial charge < -0.3 is 24.9 Å². The van der Waals surface area contributed by atoms with Crippen molar-refractivity contribution in [2.75, 3.05) is 80.1 Å². The highest BCUT2D eigenvalue weighted by atomic mass is 15.1. The molecule has 6 atom stereocenters. The molecule has 80 heavy (non-hydrogen) atoms. The minimum absolute atomic E-state index is 0.149. The van der Waals surface area contributed by atoms with E-state index in [1.165, 1.54) is 108 Å². The SMILES string of the molecule is CCN(C=c1ccc(=C(C2=CC=C(NCC3CC4CC5(CN=C6C=CC(=C(c7ccc(N(CC)CC)cc7)c7ccc(N(CC)CC)cc7)c7ccccc76)CC3C45)C3(C)CC=CC=C23)c2ccc(N(CC)CC)cc2)cc1)CC. The van der Waals surface area contributed by atoms with E-state index in [2.05, 4.69) is 257 Å². The van der Waals surface area contributed by atoms with Crippen molar-refractivity contribution in [1.29, 1.82) is 0 Å². The molecule has 1 N–H and O–H groups in total. The summed E-state index contributed by atoms with van der Waals surface area (Å²) < 4.78 is 0. The Morgan fingerprint density at radius 3 is 1.73 bits per heavy atom. The van der Waals surface area contributed by atoms with Gasteiger partial charge in [-0.15, -0.1) is 0 Å². The van der Waals surface area contributed by atoms with Crippen LogP contribution in [0.15, 0.2) is 186 Å². The summed E-state index contributed by atoms with van der Waals surface area (Å²) in [5.41, 5.74) is 19.3. The van der Waals surface area contributed by atoms with Gasteiger partial charge in [0.15, 0.2) is 0 Å². The Labute approximate surface area is 480 Å². The second kappa shape index (κ2) is 23.6. The molecule has 0 aromatic heterocycles. The molecule has 11 rings (SSSR count). The van der Waals surface area contributed by atoms with Crippen molar-refractivity contribution in [2.24, 2.45) is 39.5 Å². The Bertz CT molecular complexity index is 3310. The van der Waals surface area contributed by atoms with E-state index in [9.17, 15) is 0 Å². The molecule has 5 aromatic rings. The lowest BCUT2D eigenvalue weighted by Gasteiger charge is -2.64. The predicted octanol–water partition coefficient (Wildman–Crippen LogP) is 14.5. The molecule has 3 saturated carbocycles. The molecule has 0 heterocycles. The molecule has 6 aliphatic carbocycles. The highest BCUT2D eigenvalue weighted by molar-refractivity contribution is 6.19. The van der Waals surface area contributed by atoms with Crippen LogP contribution in [-0.4, -0.2) is 76.1 Å². The molecule has 6 nitrogen and oxygen atoms in total. The van der Waals surface area contributed by atoms with Crippen LogP contribution in [0.4, 0.5) is 17.1 Å². The Kier molecular flexibility index (Phi) is 16.2. The molecular formula is C74H88N6. The van der Waals surface area contributed by atoms with Crippen LogP contribution >= 0.6 is 0 Å². The monoisotopic (exact) mass is 1060 g/mol. The van der Waals surface area contributed by atoms with E-state index < -0.39 is 0 Å². The lowest BCUT2D eigenvalue weighted by Crippen LogP contribution is -2.60. The third kappa shape index (κ3) is 10.1. The smallest absolute Gasteiger partial charge is 0.0653 e. The van der Waals surface area contributed by atoms with E-state index in [0.29, 0.717) is 11.3 Å². The summed E-state index contributed by atoms with van der Waals surface area (Å²) in [6.07, 6.45) is 23.9. The molecular weight excluding hydrogens is 973 g/mol. The van der Waals surface area contributed by atoms with Crippen molar-refractivity contribution in [2.45, 2.75) is 88.0 Å². The summed E-state index contributed by atoms with van der Waals surface area (Å²) in [7, 11) is 0. The second-order valence-electron chi connectivity index (χ2n) is 23.7. The molecule has 0 saturated heterocycles. The minimum atomic E-state index is -0.149. The second-order valence-corrected chi connectivity index (χ2v) is 23.7. The number of fused-ring (bicyclic) bond motifs is 2. The van der Waals surface area contributed by atoms with Crippen molar-refractivity contribution < 1.29 is 0 Å². The number of anilines is 3. The highest BCUT2D eigenvalue weighted by Crippen LogP contribution is 2.75. The van der Waals surface area contributed by atoms with Gasteiger partial charge in [0.25, 0.3) is 0 Å². The standard InChI is InChI=1S/C74H88N6/c1-10-77(11-2)50-52-25-27-53(28-26-52)71(56-33-39-61(40-34-56)80(16-7)17-8)65-42-44-69(73(9)45-21-20-24-67(65)73)75-49-58-46-57-47-74(48-66(58)72(57)74)51-76-68-43-41-64(62-22-18-19-23-63(62)68)70(54-29-35-59(36-30-54)78(12-3)13-4)55-31-37-60(38-32-55)79(14-5)15-6/h18-44,50,57-58,66,72,75H,10-17,45-49,51H2,1-9H3. The quantitative estimate of drug-likeness (QED) is 0.0793. The van der Waals surface area contributed by atoms with Gasteiger partial charge in [-0.1, -0.05) is 115 Å². The minimum Gasteiger partial charge on any atom is -0.387 e. The van der Waals surface area contributed by atoms with Gasteiger partial charge in [0, 0.05) is 105 Å². The highest BCUT2D eigenvalue weighted by Gasteiger charge is 2.69. The van der Waals surface area contributed by atoms with Crippen LogP contribution in [0, 0.1) is 34.5 Å². The van der Waals surface area contributed by atoms with Crippen LogP contribution < -0.4 is 30.5 Å². The summed E-state index contributed by atoms with van der Waals surface area (Å²) in [5, 5.41) is 6.67. The van der Waals surface area contributed by atoms with Crippen molar-refractivity contribution in [3.63, 3.8) is 0 Å². The molecule has 0 spiro atoms. The molecule has 6 unspecified atom stereocenters. The van der Waals surface area contributed by atoms with E-state index in [4.69, 9.17) is 4.99 Å². The summed E-state index contributed by atoms with van der Waals surface area (Å²) in [4.78, 5) is 15.2. The molecule has 0 aliphatic heterocycles. The number of hydrogen-bond donors (Lipinski definition) is 1. The fraction of sp³-hybridized carbons (Fsp3) is 0.392. The Hall–Kier alpha value is -7.05. The summed E-state index contributed by atoms with van der Waals surface area (Å²) in [6.45, 7) is 30.3. The Morgan fingerprint density at radius 2 is 1.16 bits per heavy atom. The fourth-order valence-corrected chi connectivity index (χ4v) is 15.3. The van der Waals surface area contributed by atoms with E-state index in [0.717, 1.165) is 95.3 Å². The number of benzene rings is 5. The van der Waals surface area contributed by atoms with Crippen LogP contribution in [0.1, 0.15) is 116 Å². The van der Waals surface area contributed by atoms with E-state index >= 15 is 0 Å². The summed E-state index contributed by atoms with van der Waals surface area (Å²) in [6, 6.07) is 46.2. The van der Waals surface area contributed by atoms with Gasteiger partial charge in [0.05, 0.1) is 5.71 Å². The van der Waals surface area contributed by atoms with Crippen LogP contribution in [0.2, 0.25) is 0 Å². The molecule has 6 heteroatoms. The Morgan fingerprint density at radius 1 is 0.600 bits per heavy atom.